The maximum Gasteiger partial charge on any atom is 0.119 e. The molecule has 6 aliphatic carbocycles. The van der Waals surface area contributed by atoms with E-state index in [2.05, 4.69) is 157 Å². The van der Waals surface area contributed by atoms with Gasteiger partial charge < -0.3 is 9.47 Å². The Hall–Kier alpha value is -4.04. The average Bonchev–Trinajstić information content (AvgIpc) is 3.54. The third-order valence-electron chi connectivity index (χ3n) is 21.7. The summed E-state index contributed by atoms with van der Waals surface area (Å²) in [5.41, 5.74) is 8.95. The van der Waals surface area contributed by atoms with Crippen LogP contribution in [0.15, 0.2) is 122 Å². The zero-order chi connectivity index (χ0) is 57.7. The second-order valence-corrected chi connectivity index (χ2v) is 27.4. The Kier molecular flexibility index (Phi) is 29.3. The fourth-order valence-electron chi connectivity index (χ4n) is 16.2. The molecular weight excluding hydrogens is 993 g/mol. The fourth-order valence-corrected chi connectivity index (χ4v) is 16.2. The van der Waals surface area contributed by atoms with Gasteiger partial charge in [0.1, 0.15) is 11.5 Å². The van der Waals surface area contributed by atoms with E-state index in [9.17, 15) is 0 Å². The molecule has 6 aliphatic rings. The molecule has 82 heavy (non-hydrogen) atoms. The Morgan fingerprint density at radius 1 is 0.366 bits per heavy atom. The van der Waals surface area contributed by atoms with Crippen LogP contribution in [0.1, 0.15) is 290 Å². The van der Waals surface area contributed by atoms with Crippen LogP contribution in [0.3, 0.4) is 0 Å². The third-order valence-corrected chi connectivity index (χ3v) is 21.7. The van der Waals surface area contributed by atoms with E-state index < -0.39 is 0 Å². The average molecular weight is 1110 g/mol. The van der Waals surface area contributed by atoms with Crippen LogP contribution in [0.2, 0.25) is 0 Å². The highest BCUT2D eigenvalue weighted by Gasteiger charge is 2.33. The first-order valence-corrected chi connectivity index (χ1v) is 35.0. The van der Waals surface area contributed by atoms with Gasteiger partial charge in [0, 0.05) is 0 Å². The highest BCUT2D eigenvalue weighted by atomic mass is 16.5. The highest BCUT2D eigenvalue weighted by molar-refractivity contribution is 5.31. The number of hydrogen-bond acceptors (Lipinski definition) is 2. The highest BCUT2D eigenvalue weighted by Crippen LogP contribution is 2.47. The lowest BCUT2D eigenvalue weighted by atomic mass is 9.68. The SMILES string of the molecule is C=CC1CCC(C2CCC(c3ccc(C)cc3)CC2)CC1.C=CCCC1CCC(C2CCC(c3ccc(C)cc3)CC2)CC1.CCCC1CCC(c2ccc(OCC)cc2)CC1.CCCCOc1ccc(C2CCC(CCC)CC2)cc1. The number of ether oxygens (including phenoxy) is 2. The molecule has 6 saturated carbocycles. The smallest absolute Gasteiger partial charge is 0.119 e. The van der Waals surface area contributed by atoms with Gasteiger partial charge in [-0.3, -0.25) is 0 Å². The second-order valence-electron chi connectivity index (χ2n) is 27.4. The van der Waals surface area contributed by atoms with Crippen LogP contribution < -0.4 is 9.47 Å². The molecule has 0 bridgehead atoms. The fraction of sp³-hybridized carbons (Fsp3) is 0.650. The van der Waals surface area contributed by atoms with Crippen LogP contribution in [0, 0.1) is 61.2 Å². The molecule has 2 heteroatoms. The van der Waals surface area contributed by atoms with Gasteiger partial charge in [0.15, 0.2) is 0 Å². The Balaban J connectivity index is 0.000000158. The summed E-state index contributed by atoms with van der Waals surface area (Å²) in [4.78, 5) is 0. The van der Waals surface area contributed by atoms with Crippen molar-refractivity contribution in [2.24, 2.45) is 47.3 Å². The van der Waals surface area contributed by atoms with Gasteiger partial charge in [0.05, 0.1) is 13.2 Å². The molecule has 0 aliphatic heterocycles. The summed E-state index contributed by atoms with van der Waals surface area (Å²) in [5.74, 6) is 13.1. The van der Waals surface area contributed by atoms with E-state index in [1.165, 1.54) is 221 Å². The summed E-state index contributed by atoms with van der Waals surface area (Å²) < 4.78 is 11.2. The van der Waals surface area contributed by atoms with Crippen molar-refractivity contribution in [3.05, 3.63) is 156 Å². The van der Waals surface area contributed by atoms with Crippen LogP contribution in [0.5, 0.6) is 11.5 Å². The standard InChI is InChI=1S/C23H34.C21H30.C19H30O.C17H26O/c1-3-4-5-19-8-12-21(13-9-19)23-16-14-22(15-17-23)20-10-6-18(2)7-11-20;1-3-17-6-10-19(11-7-17)21-14-12-20(13-15-21)18-8-4-16(2)5-9-18;1-3-5-15-20-19-13-11-18(12-14-19)17-9-7-16(6-4-2)8-10-17;1-3-5-14-6-8-15(9-7-14)16-10-12-17(13-11-16)18-4-2/h3,6-7,10-11,19,21-23H,1,4-5,8-9,12-17H2,2H3;3-5,8-9,17,19-21H,1,6-7,10-15H2,2H3;11-14,16-17H,3-10,15H2,1-2H3;10-15H,3-9H2,1-2H3. The molecule has 0 heterocycles. The third kappa shape index (κ3) is 21.8. The molecule has 4 aromatic rings. The van der Waals surface area contributed by atoms with Crippen molar-refractivity contribution in [2.75, 3.05) is 13.2 Å². The van der Waals surface area contributed by atoms with E-state index >= 15 is 0 Å². The van der Waals surface area contributed by atoms with E-state index in [0.29, 0.717) is 0 Å². The van der Waals surface area contributed by atoms with Gasteiger partial charge in [0.25, 0.3) is 0 Å². The summed E-state index contributed by atoms with van der Waals surface area (Å²) in [7, 11) is 0. The number of unbranched alkanes of at least 4 members (excludes halogenated alkanes) is 1. The molecule has 6 fully saturated rings. The largest absolute Gasteiger partial charge is 0.494 e. The first-order valence-electron chi connectivity index (χ1n) is 35.0. The molecule has 0 radical (unpaired) electrons. The van der Waals surface area contributed by atoms with Crippen LogP contribution in [-0.4, -0.2) is 13.2 Å². The van der Waals surface area contributed by atoms with Gasteiger partial charge in [-0.2, -0.15) is 0 Å². The van der Waals surface area contributed by atoms with Gasteiger partial charge in [0.2, 0.25) is 0 Å². The maximum absolute atomic E-state index is 5.74. The van der Waals surface area contributed by atoms with Crippen molar-refractivity contribution in [1.82, 2.24) is 0 Å². The van der Waals surface area contributed by atoms with Crippen LogP contribution in [0.4, 0.5) is 0 Å². The molecule has 0 aromatic heterocycles. The lowest BCUT2D eigenvalue weighted by Crippen LogP contribution is -2.25. The van der Waals surface area contributed by atoms with E-state index in [1.54, 1.807) is 11.1 Å². The van der Waals surface area contributed by atoms with Gasteiger partial charge in [-0.1, -0.05) is 162 Å². The quantitative estimate of drug-likeness (QED) is 0.0649. The Bertz CT molecular complexity index is 2260. The first kappa shape index (κ1) is 65.5. The van der Waals surface area contributed by atoms with Crippen LogP contribution in [0.25, 0.3) is 0 Å². The number of allylic oxidation sites excluding steroid dienone is 2. The van der Waals surface area contributed by atoms with E-state index in [0.717, 1.165) is 102 Å². The molecule has 10 rings (SSSR count). The van der Waals surface area contributed by atoms with Crippen molar-refractivity contribution in [2.45, 2.75) is 271 Å². The lowest BCUT2D eigenvalue weighted by Gasteiger charge is -2.38. The molecule has 0 saturated heterocycles. The van der Waals surface area contributed by atoms with Crippen LogP contribution >= 0.6 is 0 Å². The van der Waals surface area contributed by atoms with E-state index in [-0.39, 0.29) is 0 Å². The lowest BCUT2D eigenvalue weighted by molar-refractivity contribution is 0.157. The Morgan fingerprint density at radius 3 is 1.02 bits per heavy atom. The molecule has 0 N–H and O–H groups in total. The van der Waals surface area contributed by atoms with Crippen molar-refractivity contribution in [1.29, 1.82) is 0 Å². The van der Waals surface area contributed by atoms with Crippen molar-refractivity contribution >= 4 is 0 Å². The molecule has 2 nitrogen and oxygen atoms in total. The molecular formula is C80H120O2. The minimum Gasteiger partial charge on any atom is -0.494 e. The molecule has 0 amide bonds. The Labute approximate surface area is 505 Å². The first-order chi connectivity index (χ1) is 40.2. The Morgan fingerprint density at radius 2 is 0.683 bits per heavy atom. The minimum absolute atomic E-state index is 0.751. The van der Waals surface area contributed by atoms with E-state index in [1.807, 2.05) is 6.92 Å². The summed E-state index contributed by atoms with van der Waals surface area (Å²) in [6.07, 6.45) is 49.2. The second kappa shape index (κ2) is 36.7. The van der Waals surface area contributed by atoms with E-state index in [4.69, 9.17) is 9.47 Å². The van der Waals surface area contributed by atoms with Gasteiger partial charge in [-0.25, -0.2) is 0 Å². The van der Waals surface area contributed by atoms with Gasteiger partial charge in [-0.15, -0.1) is 13.2 Å². The molecule has 452 valence electrons. The maximum atomic E-state index is 5.74. The van der Waals surface area contributed by atoms with Crippen LogP contribution in [-0.2, 0) is 0 Å². The molecule has 0 unspecified atom stereocenters. The normalized spacial score (nSPS) is 28.3. The molecule has 4 aromatic carbocycles. The number of aryl methyl sites for hydroxylation is 2. The summed E-state index contributed by atoms with van der Waals surface area (Å²) in [5, 5.41) is 0. The van der Waals surface area contributed by atoms with Gasteiger partial charge >= 0.3 is 0 Å². The summed E-state index contributed by atoms with van der Waals surface area (Å²) in [6, 6.07) is 36.2. The predicted molar refractivity (Wildman–Crippen MR) is 356 cm³/mol. The zero-order valence-corrected chi connectivity index (χ0v) is 53.6. The van der Waals surface area contributed by atoms with Crippen molar-refractivity contribution < 1.29 is 9.47 Å². The minimum atomic E-state index is 0.751. The summed E-state index contributed by atoms with van der Waals surface area (Å²) >= 11 is 0. The topological polar surface area (TPSA) is 18.5 Å². The van der Waals surface area contributed by atoms with Crippen molar-refractivity contribution in [3.63, 3.8) is 0 Å². The predicted octanol–water partition coefficient (Wildman–Crippen LogP) is 24.4. The molecule has 0 spiro atoms. The summed E-state index contributed by atoms with van der Waals surface area (Å²) in [6.45, 7) is 22.6. The monoisotopic (exact) mass is 1110 g/mol. The molecule has 0 atom stereocenters. The van der Waals surface area contributed by atoms with Gasteiger partial charge in [-0.05, 0) is 299 Å². The zero-order valence-electron chi connectivity index (χ0n) is 53.6. The van der Waals surface area contributed by atoms with Crippen molar-refractivity contribution in [3.8, 4) is 11.5 Å². The number of hydrogen-bond donors (Lipinski definition) is 0. The number of benzene rings is 4. The number of rotatable bonds is 20.